The number of carbonyl (C=O) groups excluding carboxylic acids is 1. The third-order valence-corrected chi connectivity index (χ3v) is 4.26. The minimum absolute atomic E-state index is 0.0854. The van der Waals surface area contributed by atoms with Crippen molar-refractivity contribution in [2.24, 2.45) is 5.92 Å². The molecule has 0 aliphatic carbocycles. The molecular weight excluding hydrogens is 344 g/mol. The third-order valence-electron chi connectivity index (χ3n) is 4.26. The van der Waals surface area contributed by atoms with Crippen molar-refractivity contribution in [3.63, 3.8) is 0 Å². The Morgan fingerprint density at radius 1 is 1.33 bits per heavy atom. The number of nitrogens with zero attached hydrogens (tertiary/aromatic N) is 2. The van der Waals surface area contributed by atoms with Gasteiger partial charge in [0.05, 0.1) is 24.3 Å². The molecule has 2 N–H and O–H groups in total. The lowest BCUT2D eigenvalue weighted by atomic mass is 10.1. The van der Waals surface area contributed by atoms with Crippen LogP contribution in [0.15, 0.2) is 35.3 Å². The number of nitrogens with one attached hydrogen (secondary N) is 2. The molecule has 0 spiro atoms. The van der Waals surface area contributed by atoms with E-state index in [1.807, 2.05) is 18.2 Å². The smallest absolute Gasteiger partial charge is 0.244 e. The molecular formula is C20H24N4O3. The minimum atomic E-state index is -0.200. The van der Waals surface area contributed by atoms with Gasteiger partial charge in [0.1, 0.15) is 12.4 Å². The molecule has 3 aromatic rings. The van der Waals surface area contributed by atoms with Crippen molar-refractivity contribution < 1.29 is 9.53 Å². The van der Waals surface area contributed by atoms with Gasteiger partial charge in [-0.2, -0.15) is 0 Å². The number of hydrogen-bond acceptors (Lipinski definition) is 4. The van der Waals surface area contributed by atoms with Gasteiger partial charge in [0.2, 0.25) is 11.3 Å². The van der Waals surface area contributed by atoms with Crippen LogP contribution in [0.25, 0.3) is 11.0 Å². The van der Waals surface area contributed by atoms with Crippen molar-refractivity contribution in [2.45, 2.75) is 33.7 Å². The highest BCUT2D eigenvalue weighted by Crippen LogP contribution is 2.19. The second kappa shape index (κ2) is 7.65. The lowest BCUT2D eigenvalue weighted by molar-refractivity contribution is -0.116. The monoisotopic (exact) mass is 368 g/mol. The highest BCUT2D eigenvalue weighted by atomic mass is 16.5. The van der Waals surface area contributed by atoms with Gasteiger partial charge < -0.3 is 19.6 Å². The first-order valence-electron chi connectivity index (χ1n) is 8.89. The van der Waals surface area contributed by atoms with Crippen LogP contribution in [-0.2, 0) is 17.8 Å². The Hall–Kier alpha value is -3.09. The minimum Gasteiger partial charge on any atom is -0.491 e. The van der Waals surface area contributed by atoms with Crippen LogP contribution in [0.1, 0.15) is 25.4 Å². The second-order valence-electron chi connectivity index (χ2n) is 7.04. The number of hydrogen-bond donors (Lipinski definition) is 2. The summed E-state index contributed by atoms with van der Waals surface area (Å²) in [4.78, 5) is 32.0. The molecule has 3 rings (SSSR count). The first kappa shape index (κ1) is 18.7. The molecule has 7 nitrogen and oxygen atoms in total. The number of benzene rings is 1. The number of carbonyl (C=O) groups is 1. The van der Waals surface area contributed by atoms with Crippen molar-refractivity contribution >= 4 is 22.6 Å². The normalized spacial score (nSPS) is 11.1. The van der Waals surface area contributed by atoms with Gasteiger partial charge in [0.25, 0.3) is 0 Å². The summed E-state index contributed by atoms with van der Waals surface area (Å²) in [6.07, 6.45) is 2.43. The fourth-order valence-corrected chi connectivity index (χ4v) is 2.95. The predicted molar refractivity (Wildman–Crippen MR) is 105 cm³/mol. The second-order valence-corrected chi connectivity index (χ2v) is 7.04. The van der Waals surface area contributed by atoms with E-state index in [-0.39, 0.29) is 23.6 Å². The van der Waals surface area contributed by atoms with Crippen molar-refractivity contribution in [3.05, 3.63) is 52.2 Å². The lowest BCUT2D eigenvalue weighted by Gasteiger charge is -2.12. The number of rotatable bonds is 6. The maximum absolute atomic E-state index is 12.4. The number of anilines is 1. The topological polar surface area (TPSA) is 89.0 Å². The Balaban J connectivity index is 1.75. The number of aromatic amines is 1. The largest absolute Gasteiger partial charge is 0.491 e. The molecule has 0 fully saturated rings. The number of aryl methyl sites for hydroxylation is 1. The molecule has 142 valence electrons. The van der Waals surface area contributed by atoms with Gasteiger partial charge in [-0.3, -0.25) is 9.59 Å². The SMILES string of the molecule is COc1cn(CC(=O)Nc2ccc3nc(CC(C)C)[nH]c3c2)c(C)cc1=O. The number of pyridine rings is 1. The molecule has 7 heteroatoms. The molecule has 0 atom stereocenters. The van der Waals surface area contributed by atoms with Crippen molar-refractivity contribution in [1.82, 2.24) is 14.5 Å². The zero-order valence-corrected chi connectivity index (χ0v) is 16.0. The van der Waals surface area contributed by atoms with Gasteiger partial charge in [-0.25, -0.2) is 4.98 Å². The number of H-pyrrole nitrogens is 1. The van der Waals surface area contributed by atoms with Gasteiger partial charge in [0, 0.05) is 23.9 Å². The van der Waals surface area contributed by atoms with E-state index >= 15 is 0 Å². The predicted octanol–water partition coefficient (Wildman–Crippen LogP) is 2.88. The lowest BCUT2D eigenvalue weighted by Crippen LogP contribution is -2.21. The zero-order valence-electron chi connectivity index (χ0n) is 16.0. The van der Waals surface area contributed by atoms with Gasteiger partial charge in [-0.05, 0) is 31.0 Å². The van der Waals surface area contributed by atoms with Crippen molar-refractivity contribution in [2.75, 3.05) is 12.4 Å². The van der Waals surface area contributed by atoms with Crippen LogP contribution in [0.4, 0.5) is 5.69 Å². The van der Waals surface area contributed by atoms with Gasteiger partial charge >= 0.3 is 0 Å². The quantitative estimate of drug-likeness (QED) is 0.700. The number of imidazole rings is 1. The number of fused-ring (bicyclic) bond motifs is 1. The van der Waals surface area contributed by atoms with Gasteiger partial charge in [-0.15, -0.1) is 0 Å². The van der Waals surface area contributed by atoms with Crippen LogP contribution in [0.2, 0.25) is 0 Å². The molecule has 1 amide bonds. The van der Waals surface area contributed by atoms with E-state index in [1.54, 1.807) is 17.7 Å². The number of methoxy groups -OCH3 is 1. The Kier molecular flexibility index (Phi) is 5.30. The number of aromatic nitrogens is 3. The molecule has 0 radical (unpaired) electrons. The Labute approximate surface area is 157 Å². The van der Waals surface area contributed by atoms with E-state index in [4.69, 9.17) is 4.74 Å². The standard InChI is InChI=1S/C20H24N4O3/c1-12(2)7-19-22-15-6-5-14(9-16(15)23-19)21-20(26)11-24-10-18(27-4)17(25)8-13(24)3/h5-6,8-10,12H,7,11H2,1-4H3,(H,21,26)(H,22,23). The molecule has 0 unspecified atom stereocenters. The van der Waals surface area contributed by atoms with Gasteiger partial charge in [0.15, 0.2) is 5.75 Å². The van der Waals surface area contributed by atoms with Crippen LogP contribution in [0, 0.1) is 12.8 Å². The average Bonchev–Trinajstić information content (AvgIpc) is 2.97. The summed E-state index contributed by atoms with van der Waals surface area (Å²) in [5, 5.41) is 2.89. The van der Waals surface area contributed by atoms with Crippen LogP contribution >= 0.6 is 0 Å². The zero-order chi connectivity index (χ0) is 19.6. The first-order chi connectivity index (χ1) is 12.9. The maximum atomic E-state index is 12.4. The van der Waals surface area contributed by atoms with Gasteiger partial charge in [-0.1, -0.05) is 13.8 Å². The first-order valence-corrected chi connectivity index (χ1v) is 8.89. The molecule has 2 heterocycles. The average molecular weight is 368 g/mol. The van der Waals surface area contributed by atoms with Crippen LogP contribution in [-0.4, -0.2) is 27.6 Å². The summed E-state index contributed by atoms with van der Waals surface area (Å²) in [5.41, 5.74) is 2.96. The summed E-state index contributed by atoms with van der Waals surface area (Å²) >= 11 is 0. The van der Waals surface area contributed by atoms with E-state index in [1.165, 1.54) is 13.2 Å². The van der Waals surface area contributed by atoms with E-state index in [0.717, 1.165) is 23.3 Å². The summed E-state index contributed by atoms with van der Waals surface area (Å²) < 4.78 is 6.73. The number of amides is 1. The molecule has 0 aliphatic rings. The van der Waals surface area contributed by atoms with E-state index < -0.39 is 0 Å². The summed E-state index contributed by atoms with van der Waals surface area (Å²) in [6.45, 7) is 6.16. The van der Waals surface area contributed by atoms with E-state index in [0.29, 0.717) is 17.3 Å². The third kappa shape index (κ3) is 4.36. The van der Waals surface area contributed by atoms with Crippen LogP contribution < -0.4 is 15.5 Å². The van der Waals surface area contributed by atoms with Crippen molar-refractivity contribution in [3.8, 4) is 5.75 Å². The Morgan fingerprint density at radius 3 is 2.81 bits per heavy atom. The molecule has 1 aromatic carbocycles. The van der Waals surface area contributed by atoms with Crippen LogP contribution in [0.3, 0.4) is 0 Å². The van der Waals surface area contributed by atoms with Crippen LogP contribution in [0.5, 0.6) is 5.75 Å². The molecule has 0 bridgehead atoms. The fraction of sp³-hybridized carbons (Fsp3) is 0.350. The Morgan fingerprint density at radius 2 is 2.11 bits per heavy atom. The summed E-state index contributed by atoms with van der Waals surface area (Å²) in [6, 6.07) is 7.06. The molecule has 2 aromatic heterocycles. The fourth-order valence-electron chi connectivity index (χ4n) is 2.95. The molecule has 0 saturated carbocycles. The maximum Gasteiger partial charge on any atom is 0.244 e. The summed E-state index contributed by atoms with van der Waals surface area (Å²) in [7, 11) is 1.43. The van der Waals surface area contributed by atoms with Crippen molar-refractivity contribution in [1.29, 1.82) is 0 Å². The molecule has 27 heavy (non-hydrogen) atoms. The number of ether oxygens (including phenoxy) is 1. The highest BCUT2D eigenvalue weighted by molar-refractivity contribution is 5.93. The summed E-state index contributed by atoms with van der Waals surface area (Å²) in [5.74, 6) is 1.48. The van der Waals surface area contributed by atoms with E-state index in [2.05, 4.69) is 29.1 Å². The highest BCUT2D eigenvalue weighted by Gasteiger charge is 2.10. The molecule has 0 aliphatic heterocycles. The Bertz CT molecular complexity index is 1030. The molecule has 0 saturated heterocycles. The van der Waals surface area contributed by atoms with E-state index in [9.17, 15) is 9.59 Å².